The van der Waals surface area contributed by atoms with Gasteiger partial charge in [-0.05, 0) is 67.1 Å². The summed E-state index contributed by atoms with van der Waals surface area (Å²) in [5, 5.41) is 0.163. The normalized spacial score (nSPS) is 18.9. The second-order valence-electron chi connectivity index (χ2n) is 10.6. The first-order valence-electron chi connectivity index (χ1n) is 13.5. The van der Waals surface area contributed by atoms with Gasteiger partial charge in [0.05, 0.1) is 18.3 Å². The molecule has 0 aromatic heterocycles. The zero-order valence-corrected chi connectivity index (χ0v) is 22.9. The molecule has 2 fully saturated rings. The number of nitrogens with zero attached hydrogens (tertiary/aromatic N) is 2. The van der Waals surface area contributed by atoms with E-state index in [0.29, 0.717) is 37.7 Å². The first-order chi connectivity index (χ1) is 17.9. The highest BCUT2D eigenvalue weighted by molar-refractivity contribution is 8.01. The molecule has 200 valence electrons. The highest BCUT2D eigenvalue weighted by atomic mass is 32.2. The van der Waals surface area contributed by atoms with Crippen molar-refractivity contribution < 1.29 is 18.7 Å². The molecule has 5 nitrogen and oxygen atoms in total. The molecule has 1 atom stereocenters. The molecule has 1 unspecified atom stereocenters. The van der Waals surface area contributed by atoms with E-state index in [0.717, 1.165) is 61.5 Å². The predicted molar refractivity (Wildman–Crippen MR) is 147 cm³/mol. The zero-order valence-electron chi connectivity index (χ0n) is 22.0. The molecule has 2 aliphatic rings. The predicted octanol–water partition coefficient (Wildman–Crippen LogP) is 5.36. The van der Waals surface area contributed by atoms with E-state index in [9.17, 15) is 14.0 Å². The number of thioether (sulfide) groups is 1. The van der Waals surface area contributed by atoms with Gasteiger partial charge in [-0.25, -0.2) is 4.39 Å². The van der Waals surface area contributed by atoms with Gasteiger partial charge in [0.1, 0.15) is 17.3 Å². The van der Waals surface area contributed by atoms with Crippen molar-refractivity contribution in [1.29, 1.82) is 0 Å². The molecule has 2 aliphatic heterocycles. The lowest BCUT2D eigenvalue weighted by Crippen LogP contribution is -2.48. The lowest BCUT2D eigenvalue weighted by atomic mass is 10.00. The van der Waals surface area contributed by atoms with Crippen LogP contribution in [0.4, 0.5) is 4.39 Å². The fraction of sp³-hybridized carbons (Fsp3) is 0.533. The molecule has 0 N–H and O–H groups in total. The molecule has 0 aliphatic carbocycles. The summed E-state index contributed by atoms with van der Waals surface area (Å²) in [7, 11) is 0. The molecule has 0 spiro atoms. The third-order valence-electron chi connectivity index (χ3n) is 7.18. The van der Waals surface area contributed by atoms with Crippen LogP contribution in [0.1, 0.15) is 50.7 Å². The van der Waals surface area contributed by atoms with Crippen LogP contribution in [0.25, 0.3) is 0 Å². The van der Waals surface area contributed by atoms with E-state index >= 15 is 0 Å². The standard InChI is InChI=1S/C30H39FN2O3S/c1-22(2)21-36-27-9-5-23(6-10-27)19-30(35)33(20-24-3-7-25(31)8-4-24)26-11-15-32(16-12-26)17-13-29-28(34)14-18-37-29/h3-10,22,26,29H,11-21H2,1-2H3. The molecule has 1 amide bonds. The summed E-state index contributed by atoms with van der Waals surface area (Å²) in [4.78, 5) is 30.0. The van der Waals surface area contributed by atoms with Crippen molar-refractivity contribution in [2.24, 2.45) is 5.92 Å². The summed E-state index contributed by atoms with van der Waals surface area (Å²) >= 11 is 1.79. The Kier molecular flexibility index (Phi) is 10.0. The van der Waals surface area contributed by atoms with Gasteiger partial charge in [0, 0.05) is 37.8 Å². The van der Waals surface area contributed by atoms with E-state index in [1.165, 1.54) is 12.1 Å². The second kappa shape index (κ2) is 13.4. The highest BCUT2D eigenvalue weighted by Gasteiger charge is 2.30. The van der Waals surface area contributed by atoms with Gasteiger partial charge in [-0.2, -0.15) is 11.8 Å². The van der Waals surface area contributed by atoms with Crippen molar-refractivity contribution in [3.8, 4) is 5.75 Å². The summed E-state index contributed by atoms with van der Waals surface area (Å²) in [6, 6.07) is 14.4. The molecule has 2 aromatic carbocycles. The number of piperidine rings is 1. The van der Waals surface area contributed by atoms with E-state index in [-0.39, 0.29) is 23.0 Å². The topological polar surface area (TPSA) is 49.9 Å². The minimum atomic E-state index is -0.270. The van der Waals surface area contributed by atoms with Gasteiger partial charge >= 0.3 is 0 Å². The number of hydrogen-bond donors (Lipinski definition) is 0. The van der Waals surface area contributed by atoms with Crippen molar-refractivity contribution in [1.82, 2.24) is 9.80 Å². The van der Waals surface area contributed by atoms with Crippen LogP contribution in [-0.2, 0) is 22.6 Å². The van der Waals surface area contributed by atoms with Gasteiger partial charge in [-0.3, -0.25) is 9.59 Å². The van der Waals surface area contributed by atoms with Gasteiger partial charge in [-0.15, -0.1) is 0 Å². The number of likely N-dealkylation sites (tertiary alicyclic amines) is 1. The lowest BCUT2D eigenvalue weighted by Gasteiger charge is -2.39. The van der Waals surface area contributed by atoms with Gasteiger partial charge in [0.15, 0.2) is 0 Å². The Morgan fingerprint density at radius 3 is 2.38 bits per heavy atom. The summed E-state index contributed by atoms with van der Waals surface area (Å²) < 4.78 is 19.3. The monoisotopic (exact) mass is 526 g/mol. The minimum Gasteiger partial charge on any atom is -0.493 e. The maximum atomic E-state index is 13.6. The zero-order chi connectivity index (χ0) is 26.2. The molecule has 2 saturated heterocycles. The Hall–Kier alpha value is -2.38. The van der Waals surface area contributed by atoms with Crippen molar-refractivity contribution >= 4 is 23.5 Å². The smallest absolute Gasteiger partial charge is 0.227 e. The van der Waals surface area contributed by atoms with E-state index in [4.69, 9.17) is 4.74 Å². The maximum Gasteiger partial charge on any atom is 0.227 e. The van der Waals surface area contributed by atoms with Crippen LogP contribution in [-0.4, -0.2) is 64.8 Å². The largest absolute Gasteiger partial charge is 0.493 e. The number of carbonyl (C=O) groups is 2. The summed E-state index contributed by atoms with van der Waals surface area (Å²) in [6.45, 7) is 8.15. The third-order valence-corrected chi connectivity index (χ3v) is 8.52. The van der Waals surface area contributed by atoms with Crippen LogP contribution in [0.2, 0.25) is 0 Å². The fourth-order valence-corrected chi connectivity index (χ4v) is 6.18. The first kappa shape index (κ1) is 27.6. The van der Waals surface area contributed by atoms with Crippen molar-refractivity contribution in [2.45, 2.75) is 63.8 Å². The fourth-order valence-electron chi connectivity index (χ4n) is 5.00. The third kappa shape index (κ3) is 8.30. The molecule has 0 radical (unpaired) electrons. The molecule has 7 heteroatoms. The number of hydrogen-bond acceptors (Lipinski definition) is 5. The number of carbonyl (C=O) groups excluding carboxylic acids is 2. The van der Waals surface area contributed by atoms with Crippen LogP contribution >= 0.6 is 11.8 Å². The number of ketones is 1. The van der Waals surface area contributed by atoms with Crippen LogP contribution in [0.3, 0.4) is 0 Å². The van der Waals surface area contributed by atoms with Crippen molar-refractivity contribution in [3.63, 3.8) is 0 Å². The molecular formula is C30H39FN2O3S. The Morgan fingerprint density at radius 2 is 1.76 bits per heavy atom. The van der Waals surface area contributed by atoms with Crippen LogP contribution in [0.15, 0.2) is 48.5 Å². The number of amides is 1. The molecule has 4 rings (SSSR count). The van der Waals surface area contributed by atoms with Gasteiger partial charge in [0.2, 0.25) is 5.91 Å². The Balaban J connectivity index is 1.36. The second-order valence-corrected chi connectivity index (χ2v) is 11.9. The maximum absolute atomic E-state index is 13.6. The molecule has 37 heavy (non-hydrogen) atoms. The lowest BCUT2D eigenvalue weighted by molar-refractivity contribution is -0.134. The van der Waals surface area contributed by atoms with Gasteiger partial charge < -0.3 is 14.5 Å². The minimum absolute atomic E-state index is 0.0894. The molecule has 2 aromatic rings. The van der Waals surface area contributed by atoms with E-state index in [1.807, 2.05) is 29.2 Å². The van der Waals surface area contributed by atoms with Crippen LogP contribution in [0, 0.1) is 11.7 Å². The average Bonchev–Trinajstić information content (AvgIpc) is 3.31. The number of halogens is 1. The molecule has 0 saturated carbocycles. The summed E-state index contributed by atoms with van der Waals surface area (Å²) in [5.74, 6) is 2.45. The average molecular weight is 527 g/mol. The van der Waals surface area contributed by atoms with Crippen molar-refractivity contribution in [2.75, 3.05) is 32.0 Å². The quantitative estimate of drug-likeness (QED) is 0.395. The van der Waals surface area contributed by atoms with Crippen molar-refractivity contribution in [3.05, 3.63) is 65.5 Å². The molecule has 2 heterocycles. The number of rotatable bonds is 11. The Bertz CT molecular complexity index is 1020. The van der Waals surface area contributed by atoms with Crippen LogP contribution < -0.4 is 4.74 Å². The van der Waals surface area contributed by atoms with E-state index < -0.39 is 0 Å². The first-order valence-corrected chi connectivity index (χ1v) is 14.5. The van der Waals surface area contributed by atoms with Gasteiger partial charge in [0.25, 0.3) is 0 Å². The summed E-state index contributed by atoms with van der Waals surface area (Å²) in [5.41, 5.74) is 1.90. The Morgan fingerprint density at radius 1 is 1.08 bits per heavy atom. The number of Topliss-reactive ketones (excluding diaryl/α,β-unsaturated/α-hetero) is 1. The van der Waals surface area contributed by atoms with Gasteiger partial charge in [-0.1, -0.05) is 38.1 Å². The molecule has 0 bridgehead atoms. The van der Waals surface area contributed by atoms with Crippen LogP contribution in [0.5, 0.6) is 5.75 Å². The van der Waals surface area contributed by atoms with E-state index in [2.05, 4.69) is 18.7 Å². The number of benzene rings is 2. The van der Waals surface area contributed by atoms with E-state index in [1.54, 1.807) is 23.9 Å². The Labute approximate surface area is 224 Å². The number of ether oxygens (including phenoxy) is 1. The summed E-state index contributed by atoms with van der Waals surface area (Å²) in [6.07, 6.45) is 3.77. The highest BCUT2D eigenvalue weighted by Crippen LogP contribution is 2.27. The molecular weight excluding hydrogens is 487 g/mol. The SMILES string of the molecule is CC(C)COc1ccc(CC(=O)N(Cc2ccc(F)cc2)C2CCN(CCC3SCCC3=O)CC2)cc1.